The highest BCUT2D eigenvalue weighted by molar-refractivity contribution is 5.37. The molecule has 3 heteroatoms. The standard InChI is InChI=1S/C10H8F2O/c11-5-3-7-6(8(12)4-5)1-2-9-10(7)13-9/h3-4,9-10H,1-2H2/t9-,10+/m1/s1. The number of benzene rings is 1. The van der Waals surface area contributed by atoms with Crippen LogP contribution in [0.4, 0.5) is 8.78 Å². The van der Waals surface area contributed by atoms with Gasteiger partial charge in [0.2, 0.25) is 0 Å². The molecule has 1 aromatic carbocycles. The van der Waals surface area contributed by atoms with Crippen LogP contribution in [0.15, 0.2) is 12.1 Å². The number of ether oxygens (including phenoxy) is 1. The van der Waals surface area contributed by atoms with Gasteiger partial charge in [0.1, 0.15) is 17.7 Å². The van der Waals surface area contributed by atoms with E-state index in [2.05, 4.69) is 0 Å². The number of fused-ring (bicyclic) bond motifs is 3. The van der Waals surface area contributed by atoms with Crippen molar-refractivity contribution < 1.29 is 13.5 Å². The van der Waals surface area contributed by atoms with E-state index in [0.717, 1.165) is 12.5 Å². The molecule has 1 aliphatic heterocycles. The first-order valence-electron chi connectivity index (χ1n) is 4.39. The van der Waals surface area contributed by atoms with Crippen molar-refractivity contribution >= 4 is 0 Å². The van der Waals surface area contributed by atoms with E-state index in [-0.39, 0.29) is 12.2 Å². The Morgan fingerprint density at radius 3 is 3.00 bits per heavy atom. The van der Waals surface area contributed by atoms with E-state index >= 15 is 0 Å². The van der Waals surface area contributed by atoms with Crippen molar-refractivity contribution in [2.75, 3.05) is 0 Å². The van der Waals surface area contributed by atoms with Crippen LogP contribution in [0.25, 0.3) is 0 Å². The second kappa shape index (κ2) is 2.29. The van der Waals surface area contributed by atoms with Gasteiger partial charge in [-0.25, -0.2) is 8.78 Å². The van der Waals surface area contributed by atoms with Crippen LogP contribution < -0.4 is 0 Å². The average Bonchev–Trinajstić information content (AvgIpc) is 2.82. The minimum absolute atomic E-state index is 0.0334. The van der Waals surface area contributed by atoms with Gasteiger partial charge in [0.15, 0.2) is 0 Å². The SMILES string of the molecule is Fc1cc(F)c2c(c1)[C@@H]1O[C@@H]1CC2. The second-order valence-electron chi connectivity index (χ2n) is 3.59. The normalized spacial score (nSPS) is 29.4. The molecule has 0 aromatic heterocycles. The van der Waals surface area contributed by atoms with Crippen LogP contribution in [0.1, 0.15) is 23.7 Å². The molecular formula is C10H8F2O. The molecule has 0 unspecified atom stereocenters. The summed E-state index contributed by atoms with van der Waals surface area (Å²) in [6.45, 7) is 0. The minimum Gasteiger partial charge on any atom is -0.364 e. The second-order valence-corrected chi connectivity index (χ2v) is 3.59. The Kier molecular flexibility index (Phi) is 1.31. The van der Waals surface area contributed by atoms with Crippen LogP contribution in [-0.4, -0.2) is 6.10 Å². The summed E-state index contributed by atoms with van der Waals surface area (Å²) < 4.78 is 31.4. The molecule has 1 heterocycles. The molecule has 1 aliphatic carbocycles. The Bertz CT molecular complexity index is 375. The Morgan fingerprint density at radius 2 is 2.15 bits per heavy atom. The van der Waals surface area contributed by atoms with E-state index in [1.807, 2.05) is 0 Å². The summed E-state index contributed by atoms with van der Waals surface area (Å²) in [7, 11) is 0. The van der Waals surface area contributed by atoms with Gasteiger partial charge in [-0.05, 0) is 30.0 Å². The van der Waals surface area contributed by atoms with Gasteiger partial charge >= 0.3 is 0 Å². The molecule has 0 N–H and O–H groups in total. The Balaban J connectivity index is 2.19. The molecule has 0 radical (unpaired) electrons. The number of rotatable bonds is 0. The van der Waals surface area contributed by atoms with E-state index in [4.69, 9.17) is 4.74 Å². The van der Waals surface area contributed by atoms with Crippen LogP contribution in [0.3, 0.4) is 0 Å². The van der Waals surface area contributed by atoms with Gasteiger partial charge in [0, 0.05) is 6.07 Å². The maximum Gasteiger partial charge on any atom is 0.129 e. The van der Waals surface area contributed by atoms with Gasteiger partial charge in [0.05, 0.1) is 6.10 Å². The third-order valence-corrected chi connectivity index (χ3v) is 2.76. The van der Waals surface area contributed by atoms with Crippen molar-refractivity contribution in [1.82, 2.24) is 0 Å². The minimum atomic E-state index is -0.507. The third-order valence-electron chi connectivity index (χ3n) is 2.76. The Hall–Kier alpha value is -0.960. The molecule has 1 aromatic rings. The fourth-order valence-corrected chi connectivity index (χ4v) is 2.06. The Labute approximate surface area is 74.3 Å². The monoisotopic (exact) mass is 182 g/mol. The van der Waals surface area contributed by atoms with Crippen LogP contribution in [0, 0.1) is 11.6 Å². The number of hydrogen-bond donors (Lipinski definition) is 0. The van der Waals surface area contributed by atoms with Crippen molar-refractivity contribution in [3.8, 4) is 0 Å². The zero-order valence-corrected chi connectivity index (χ0v) is 6.89. The predicted molar refractivity (Wildman–Crippen MR) is 42.3 cm³/mol. The molecular weight excluding hydrogens is 174 g/mol. The first-order valence-corrected chi connectivity index (χ1v) is 4.39. The first-order chi connectivity index (χ1) is 6.25. The molecule has 1 nitrogen and oxygen atoms in total. The third kappa shape index (κ3) is 1.000. The molecule has 68 valence electrons. The summed E-state index contributed by atoms with van der Waals surface area (Å²) in [5.74, 6) is -0.934. The fourth-order valence-electron chi connectivity index (χ4n) is 2.06. The molecule has 0 bridgehead atoms. The van der Waals surface area contributed by atoms with Crippen LogP contribution in [-0.2, 0) is 11.2 Å². The Morgan fingerprint density at radius 1 is 1.31 bits per heavy atom. The summed E-state index contributed by atoms with van der Waals surface area (Å²) in [6, 6.07) is 2.34. The molecule has 13 heavy (non-hydrogen) atoms. The number of halogens is 2. The summed E-state index contributed by atoms with van der Waals surface area (Å²) in [5, 5.41) is 0. The smallest absolute Gasteiger partial charge is 0.129 e. The van der Waals surface area contributed by atoms with E-state index in [0.29, 0.717) is 17.5 Å². The lowest BCUT2D eigenvalue weighted by atomic mass is 9.91. The zero-order valence-electron chi connectivity index (χ0n) is 6.89. The van der Waals surface area contributed by atoms with Gasteiger partial charge in [-0.3, -0.25) is 0 Å². The first kappa shape index (κ1) is 7.44. The topological polar surface area (TPSA) is 12.5 Å². The maximum atomic E-state index is 13.2. The number of hydrogen-bond acceptors (Lipinski definition) is 1. The largest absolute Gasteiger partial charge is 0.364 e. The van der Waals surface area contributed by atoms with Crippen LogP contribution >= 0.6 is 0 Å². The summed E-state index contributed by atoms with van der Waals surface area (Å²) in [4.78, 5) is 0. The zero-order chi connectivity index (χ0) is 9.00. The molecule has 1 saturated heterocycles. The van der Waals surface area contributed by atoms with E-state index in [1.54, 1.807) is 0 Å². The number of epoxide rings is 1. The summed E-state index contributed by atoms with van der Waals surface area (Å²) >= 11 is 0. The van der Waals surface area contributed by atoms with Crippen molar-refractivity contribution in [1.29, 1.82) is 0 Å². The highest BCUT2D eigenvalue weighted by Crippen LogP contribution is 2.47. The summed E-state index contributed by atoms with van der Waals surface area (Å²) in [6.07, 6.45) is 1.71. The van der Waals surface area contributed by atoms with Gasteiger partial charge in [-0.15, -0.1) is 0 Å². The van der Waals surface area contributed by atoms with E-state index < -0.39 is 11.6 Å². The van der Waals surface area contributed by atoms with Gasteiger partial charge in [-0.1, -0.05) is 0 Å². The highest BCUT2D eigenvalue weighted by Gasteiger charge is 2.45. The van der Waals surface area contributed by atoms with Crippen molar-refractivity contribution in [2.24, 2.45) is 0 Å². The molecule has 0 saturated carbocycles. The molecule has 2 aliphatic rings. The molecule has 0 amide bonds. The highest BCUT2D eigenvalue weighted by atomic mass is 19.1. The lowest BCUT2D eigenvalue weighted by Gasteiger charge is -2.12. The average molecular weight is 182 g/mol. The molecule has 3 rings (SSSR count). The van der Waals surface area contributed by atoms with Crippen molar-refractivity contribution in [3.05, 3.63) is 34.9 Å². The van der Waals surface area contributed by atoms with Crippen LogP contribution in [0.2, 0.25) is 0 Å². The quantitative estimate of drug-likeness (QED) is 0.561. The van der Waals surface area contributed by atoms with Gasteiger partial charge in [-0.2, -0.15) is 0 Å². The van der Waals surface area contributed by atoms with Gasteiger partial charge in [0.25, 0.3) is 0 Å². The molecule has 2 atom stereocenters. The fraction of sp³-hybridized carbons (Fsp3) is 0.400. The maximum absolute atomic E-state index is 13.2. The van der Waals surface area contributed by atoms with Crippen molar-refractivity contribution in [2.45, 2.75) is 25.0 Å². The molecule has 0 spiro atoms. The lowest BCUT2D eigenvalue weighted by Crippen LogP contribution is -2.07. The van der Waals surface area contributed by atoms with E-state index in [1.165, 1.54) is 6.07 Å². The van der Waals surface area contributed by atoms with Crippen molar-refractivity contribution in [3.63, 3.8) is 0 Å². The van der Waals surface area contributed by atoms with E-state index in [9.17, 15) is 8.78 Å². The molecule has 1 fully saturated rings. The lowest BCUT2D eigenvalue weighted by molar-refractivity contribution is 0.372. The van der Waals surface area contributed by atoms with Crippen LogP contribution in [0.5, 0.6) is 0 Å². The van der Waals surface area contributed by atoms with Gasteiger partial charge < -0.3 is 4.74 Å². The predicted octanol–water partition coefficient (Wildman–Crippen LogP) is 2.35. The summed E-state index contributed by atoms with van der Waals surface area (Å²) in [5.41, 5.74) is 1.36.